The second-order valence-corrected chi connectivity index (χ2v) is 8.26. The molecular formula is C28H28N2O4. The van der Waals surface area contributed by atoms with Crippen molar-refractivity contribution in [3.8, 4) is 11.5 Å². The Labute approximate surface area is 199 Å². The zero-order valence-corrected chi connectivity index (χ0v) is 19.8. The van der Waals surface area contributed by atoms with Crippen molar-refractivity contribution in [1.29, 1.82) is 0 Å². The molecular weight excluding hydrogens is 428 g/mol. The molecule has 174 valence electrons. The van der Waals surface area contributed by atoms with Gasteiger partial charge in [0, 0.05) is 5.69 Å². The van der Waals surface area contributed by atoms with E-state index in [1.807, 2.05) is 82.3 Å². The molecule has 0 aliphatic carbocycles. The highest BCUT2D eigenvalue weighted by Gasteiger charge is 2.40. The lowest BCUT2D eigenvalue weighted by molar-refractivity contribution is -0.120. The van der Waals surface area contributed by atoms with Gasteiger partial charge in [0.2, 0.25) is 0 Å². The van der Waals surface area contributed by atoms with Crippen molar-refractivity contribution in [3.05, 3.63) is 89.6 Å². The van der Waals surface area contributed by atoms with E-state index in [1.165, 1.54) is 4.90 Å². The average molecular weight is 457 g/mol. The quantitative estimate of drug-likeness (QED) is 0.449. The molecule has 0 bridgehead atoms. The largest absolute Gasteiger partial charge is 0.494 e. The normalized spacial score (nSPS) is 13.6. The lowest BCUT2D eigenvalue weighted by atomic mass is 10.0. The van der Waals surface area contributed by atoms with Crippen LogP contribution in [0.15, 0.2) is 78.5 Å². The summed E-state index contributed by atoms with van der Waals surface area (Å²) in [7, 11) is 0. The molecule has 0 saturated heterocycles. The maximum atomic E-state index is 13.6. The number of para-hydroxylation sites is 1. The molecule has 4 rings (SSSR count). The van der Waals surface area contributed by atoms with E-state index in [-0.39, 0.29) is 17.7 Å². The average Bonchev–Trinajstić information content (AvgIpc) is 3.05. The van der Waals surface area contributed by atoms with E-state index in [1.54, 1.807) is 18.2 Å². The van der Waals surface area contributed by atoms with Gasteiger partial charge in [0.05, 0.1) is 24.0 Å². The number of imide groups is 1. The third kappa shape index (κ3) is 4.66. The van der Waals surface area contributed by atoms with Gasteiger partial charge in [0.15, 0.2) is 0 Å². The van der Waals surface area contributed by atoms with Crippen molar-refractivity contribution in [2.24, 2.45) is 0 Å². The molecule has 0 atom stereocenters. The number of benzene rings is 3. The summed E-state index contributed by atoms with van der Waals surface area (Å²) in [4.78, 5) is 28.4. The number of carbonyl (C=O) groups is 2. The number of hydrogen-bond donors (Lipinski definition) is 1. The van der Waals surface area contributed by atoms with E-state index in [2.05, 4.69) is 5.32 Å². The minimum Gasteiger partial charge on any atom is -0.494 e. The molecule has 0 fully saturated rings. The first-order chi connectivity index (χ1) is 16.4. The van der Waals surface area contributed by atoms with Crippen LogP contribution in [0.3, 0.4) is 0 Å². The highest BCUT2D eigenvalue weighted by molar-refractivity contribution is 6.46. The molecule has 1 heterocycles. The number of amides is 2. The molecule has 6 nitrogen and oxygen atoms in total. The Kier molecular flexibility index (Phi) is 6.68. The maximum absolute atomic E-state index is 13.6. The van der Waals surface area contributed by atoms with Crippen LogP contribution in [0.25, 0.3) is 5.57 Å². The van der Waals surface area contributed by atoms with Crippen molar-refractivity contribution in [3.63, 3.8) is 0 Å². The van der Waals surface area contributed by atoms with Crippen molar-refractivity contribution < 1.29 is 19.1 Å². The number of ether oxygens (including phenoxy) is 2. The zero-order chi connectivity index (χ0) is 24.2. The summed E-state index contributed by atoms with van der Waals surface area (Å²) in [5.74, 6) is 0.669. The molecule has 0 saturated carbocycles. The topological polar surface area (TPSA) is 67.9 Å². The Bertz CT molecular complexity index is 1230. The first-order valence-corrected chi connectivity index (χ1v) is 11.3. The fourth-order valence-electron chi connectivity index (χ4n) is 3.86. The molecule has 6 heteroatoms. The first kappa shape index (κ1) is 23.1. The van der Waals surface area contributed by atoms with Crippen molar-refractivity contribution in [2.45, 2.75) is 33.8 Å². The molecule has 34 heavy (non-hydrogen) atoms. The van der Waals surface area contributed by atoms with Gasteiger partial charge in [-0.25, -0.2) is 4.90 Å². The van der Waals surface area contributed by atoms with Crippen LogP contribution in [0, 0.1) is 6.92 Å². The number of anilines is 2. The summed E-state index contributed by atoms with van der Waals surface area (Å²) in [6, 6.07) is 21.9. The van der Waals surface area contributed by atoms with Gasteiger partial charge in [-0.2, -0.15) is 0 Å². The molecule has 1 aliphatic rings. The van der Waals surface area contributed by atoms with Crippen molar-refractivity contribution >= 4 is 28.8 Å². The zero-order valence-electron chi connectivity index (χ0n) is 19.8. The molecule has 0 radical (unpaired) electrons. The second kappa shape index (κ2) is 9.83. The van der Waals surface area contributed by atoms with Gasteiger partial charge < -0.3 is 14.8 Å². The predicted octanol–water partition coefficient (Wildman–Crippen LogP) is 5.58. The second-order valence-electron chi connectivity index (χ2n) is 8.26. The van der Waals surface area contributed by atoms with Gasteiger partial charge in [-0.05, 0) is 81.3 Å². The SMILES string of the molecule is CCOc1ccc(NC2=C(c3ccc(OC(C)C)cc3)C(=O)N(c3ccccc3C)C2=O)cc1. The maximum Gasteiger partial charge on any atom is 0.282 e. The molecule has 1 aliphatic heterocycles. The number of rotatable bonds is 8. The van der Waals surface area contributed by atoms with Crippen LogP contribution in [0.4, 0.5) is 11.4 Å². The Morgan fingerprint density at radius 1 is 0.853 bits per heavy atom. The van der Waals surface area contributed by atoms with Crippen molar-refractivity contribution in [1.82, 2.24) is 0 Å². The van der Waals surface area contributed by atoms with Gasteiger partial charge in [-0.1, -0.05) is 30.3 Å². The van der Waals surface area contributed by atoms with Crippen LogP contribution in [0.2, 0.25) is 0 Å². The molecule has 3 aromatic rings. The molecule has 0 aromatic heterocycles. The number of aryl methyl sites for hydroxylation is 1. The van der Waals surface area contributed by atoms with Crippen LogP contribution in [-0.4, -0.2) is 24.5 Å². The summed E-state index contributed by atoms with van der Waals surface area (Å²) in [5, 5.41) is 3.19. The highest BCUT2D eigenvalue weighted by Crippen LogP contribution is 2.35. The Balaban J connectivity index is 1.75. The third-order valence-electron chi connectivity index (χ3n) is 5.39. The van der Waals surface area contributed by atoms with Crippen LogP contribution in [-0.2, 0) is 9.59 Å². The third-order valence-corrected chi connectivity index (χ3v) is 5.39. The smallest absolute Gasteiger partial charge is 0.282 e. The number of nitrogens with zero attached hydrogens (tertiary/aromatic N) is 1. The van der Waals surface area contributed by atoms with E-state index >= 15 is 0 Å². The van der Waals surface area contributed by atoms with Crippen LogP contribution in [0.5, 0.6) is 11.5 Å². The van der Waals surface area contributed by atoms with Gasteiger partial charge in [-0.15, -0.1) is 0 Å². The summed E-state index contributed by atoms with van der Waals surface area (Å²) >= 11 is 0. The Hall–Kier alpha value is -4.06. The lowest BCUT2D eigenvalue weighted by Gasteiger charge is -2.17. The molecule has 2 amide bonds. The highest BCUT2D eigenvalue weighted by atomic mass is 16.5. The van der Waals surface area contributed by atoms with Crippen LogP contribution in [0.1, 0.15) is 31.9 Å². The van der Waals surface area contributed by atoms with E-state index in [9.17, 15) is 9.59 Å². The summed E-state index contributed by atoms with van der Waals surface area (Å²) in [6.07, 6.45) is 0.0354. The van der Waals surface area contributed by atoms with Crippen LogP contribution < -0.4 is 19.7 Å². The van der Waals surface area contributed by atoms with Crippen molar-refractivity contribution in [2.75, 3.05) is 16.8 Å². The standard InChI is InChI=1S/C28H28N2O4/c1-5-33-22-16-12-21(13-17-22)29-26-25(20-10-14-23(15-11-20)34-18(2)3)27(31)30(28(26)32)24-9-7-6-8-19(24)4/h6-18,29H,5H2,1-4H3. The summed E-state index contributed by atoms with van der Waals surface area (Å²) < 4.78 is 11.2. The minimum absolute atomic E-state index is 0.0354. The molecule has 1 N–H and O–H groups in total. The first-order valence-electron chi connectivity index (χ1n) is 11.3. The number of carbonyl (C=O) groups excluding carboxylic acids is 2. The van der Waals surface area contributed by atoms with Gasteiger partial charge >= 0.3 is 0 Å². The van der Waals surface area contributed by atoms with Gasteiger partial charge in [0.1, 0.15) is 17.2 Å². The number of nitrogens with one attached hydrogen (secondary N) is 1. The fraction of sp³-hybridized carbons (Fsp3) is 0.214. The Morgan fingerprint density at radius 3 is 2.12 bits per heavy atom. The van der Waals surface area contributed by atoms with E-state index in [0.29, 0.717) is 34.9 Å². The van der Waals surface area contributed by atoms with E-state index < -0.39 is 5.91 Å². The minimum atomic E-state index is -0.398. The predicted molar refractivity (Wildman–Crippen MR) is 134 cm³/mol. The van der Waals surface area contributed by atoms with Crippen LogP contribution >= 0.6 is 0 Å². The lowest BCUT2D eigenvalue weighted by Crippen LogP contribution is -2.33. The van der Waals surface area contributed by atoms with E-state index in [4.69, 9.17) is 9.47 Å². The summed E-state index contributed by atoms with van der Waals surface area (Å²) in [6.45, 7) is 8.27. The molecule has 3 aromatic carbocycles. The summed E-state index contributed by atoms with van der Waals surface area (Å²) in [5.41, 5.74) is 3.28. The Morgan fingerprint density at radius 2 is 1.50 bits per heavy atom. The monoisotopic (exact) mass is 456 g/mol. The van der Waals surface area contributed by atoms with Gasteiger partial charge in [0.25, 0.3) is 11.8 Å². The number of hydrogen-bond acceptors (Lipinski definition) is 5. The fourth-order valence-corrected chi connectivity index (χ4v) is 3.86. The van der Waals surface area contributed by atoms with Gasteiger partial charge in [-0.3, -0.25) is 9.59 Å². The molecule has 0 unspecified atom stereocenters. The van der Waals surface area contributed by atoms with E-state index in [0.717, 1.165) is 11.3 Å². The molecule has 0 spiro atoms.